The molecule has 1 aromatic heterocycles. The first-order valence-electron chi connectivity index (χ1n) is 4.88. The third kappa shape index (κ3) is 3.62. The highest BCUT2D eigenvalue weighted by atomic mass is 16.5. The number of terminal acetylenes is 1. The second-order valence-electron chi connectivity index (χ2n) is 3.03. The van der Waals surface area contributed by atoms with Crippen molar-refractivity contribution in [2.45, 2.75) is 12.8 Å². The molecule has 1 heterocycles. The monoisotopic (exact) mass is 219 g/mol. The highest BCUT2D eigenvalue weighted by Crippen LogP contribution is 2.08. The number of carbonyl (C=O) groups excluding carboxylic acids is 1. The Hall–Kier alpha value is -2.02. The lowest BCUT2D eigenvalue weighted by molar-refractivity contribution is 0.0600. The van der Waals surface area contributed by atoms with Crippen LogP contribution >= 0.6 is 0 Å². The van der Waals surface area contributed by atoms with Gasteiger partial charge in [0.1, 0.15) is 0 Å². The molecule has 0 aliphatic rings. The van der Waals surface area contributed by atoms with Crippen molar-refractivity contribution in [1.82, 2.24) is 4.98 Å². The van der Waals surface area contributed by atoms with E-state index in [0.717, 1.165) is 6.42 Å². The first-order valence-corrected chi connectivity index (χ1v) is 4.88. The summed E-state index contributed by atoms with van der Waals surface area (Å²) in [5, 5.41) is 0. The third-order valence-electron chi connectivity index (χ3n) is 1.87. The molecule has 0 N–H and O–H groups in total. The van der Waals surface area contributed by atoms with E-state index in [9.17, 15) is 4.79 Å². The number of aromatic nitrogens is 1. The molecule has 4 nitrogen and oxygen atoms in total. The van der Waals surface area contributed by atoms with Crippen LogP contribution in [0.1, 0.15) is 23.2 Å². The molecule has 4 heteroatoms. The summed E-state index contributed by atoms with van der Waals surface area (Å²) in [5.74, 6) is 2.59. The molecule has 0 amide bonds. The van der Waals surface area contributed by atoms with Crippen molar-refractivity contribution in [3.63, 3.8) is 0 Å². The van der Waals surface area contributed by atoms with Crippen LogP contribution in [0, 0.1) is 12.3 Å². The van der Waals surface area contributed by atoms with Gasteiger partial charge in [-0.25, -0.2) is 9.78 Å². The van der Waals surface area contributed by atoms with Crippen molar-refractivity contribution >= 4 is 5.97 Å². The fraction of sp³-hybridized carbons (Fsp3) is 0.333. The van der Waals surface area contributed by atoms with Crippen molar-refractivity contribution in [2.24, 2.45) is 0 Å². The van der Waals surface area contributed by atoms with Crippen LogP contribution in [0.2, 0.25) is 0 Å². The van der Waals surface area contributed by atoms with Gasteiger partial charge < -0.3 is 9.47 Å². The van der Waals surface area contributed by atoms with Gasteiger partial charge in [-0.2, -0.15) is 0 Å². The molecule has 0 aliphatic carbocycles. The van der Waals surface area contributed by atoms with Gasteiger partial charge in [-0.15, -0.1) is 12.3 Å². The van der Waals surface area contributed by atoms with E-state index < -0.39 is 5.97 Å². The van der Waals surface area contributed by atoms with E-state index in [1.165, 1.54) is 13.3 Å². The summed E-state index contributed by atoms with van der Waals surface area (Å²) >= 11 is 0. The zero-order valence-electron chi connectivity index (χ0n) is 9.10. The molecule has 0 unspecified atom stereocenters. The van der Waals surface area contributed by atoms with Crippen molar-refractivity contribution < 1.29 is 14.3 Å². The Labute approximate surface area is 94.6 Å². The number of pyridine rings is 1. The molecule has 0 bridgehead atoms. The Kier molecular flexibility index (Phi) is 4.87. The van der Waals surface area contributed by atoms with Crippen LogP contribution in [0.3, 0.4) is 0 Å². The average Bonchev–Trinajstić information content (AvgIpc) is 2.34. The first-order chi connectivity index (χ1) is 7.77. The van der Waals surface area contributed by atoms with Crippen LogP contribution in [-0.2, 0) is 4.74 Å². The number of ether oxygens (including phenoxy) is 2. The lowest BCUT2D eigenvalue weighted by atomic mass is 10.3. The van der Waals surface area contributed by atoms with Gasteiger partial charge in [0.25, 0.3) is 0 Å². The van der Waals surface area contributed by atoms with Gasteiger partial charge in [0.2, 0.25) is 5.88 Å². The normalized spacial score (nSPS) is 9.25. The first kappa shape index (κ1) is 12.1. The molecule has 0 radical (unpaired) electrons. The second-order valence-corrected chi connectivity index (χ2v) is 3.03. The molecule has 84 valence electrons. The topological polar surface area (TPSA) is 48.4 Å². The van der Waals surface area contributed by atoms with Crippen LogP contribution in [-0.4, -0.2) is 24.7 Å². The minimum atomic E-state index is -0.411. The maximum atomic E-state index is 11.1. The zero-order valence-corrected chi connectivity index (χ0v) is 9.10. The summed E-state index contributed by atoms with van der Waals surface area (Å²) in [6, 6.07) is 3.23. The Morgan fingerprint density at radius 1 is 1.56 bits per heavy atom. The highest BCUT2D eigenvalue weighted by Gasteiger charge is 2.05. The quantitative estimate of drug-likeness (QED) is 0.429. The predicted octanol–water partition coefficient (Wildman–Crippen LogP) is 1.66. The Bertz CT molecular complexity index is 378. The van der Waals surface area contributed by atoms with Crippen molar-refractivity contribution in [3.8, 4) is 18.2 Å². The molecule has 1 rings (SSSR count). The van der Waals surface area contributed by atoms with Gasteiger partial charge in [-0.1, -0.05) is 0 Å². The predicted molar refractivity (Wildman–Crippen MR) is 59.1 cm³/mol. The summed E-state index contributed by atoms with van der Waals surface area (Å²) < 4.78 is 9.86. The van der Waals surface area contributed by atoms with Gasteiger partial charge in [-0.3, -0.25) is 0 Å². The van der Waals surface area contributed by atoms with Crippen LogP contribution < -0.4 is 4.74 Å². The van der Waals surface area contributed by atoms with E-state index >= 15 is 0 Å². The van der Waals surface area contributed by atoms with Gasteiger partial charge >= 0.3 is 5.97 Å². The lowest BCUT2D eigenvalue weighted by Gasteiger charge is -2.04. The van der Waals surface area contributed by atoms with E-state index in [0.29, 0.717) is 24.5 Å². The van der Waals surface area contributed by atoms with Crippen molar-refractivity contribution in [3.05, 3.63) is 23.9 Å². The molecule has 0 spiro atoms. The van der Waals surface area contributed by atoms with Gasteiger partial charge in [-0.05, 0) is 12.5 Å². The van der Waals surface area contributed by atoms with E-state index in [-0.39, 0.29) is 0 Å². The largest absolute Gasteiger partial charge is 0.478 e. The van der Waals surface area contributed by atoms with E-state index in [4.69, 9.17) is 11.2 Å². The van der Waals surface area contributed by atoms with Gasteiger partial charge in [0.05, 0.1) is 19.3 Å². The van der Waals surface area contributed by atoms with Crippen LogP contribution in [0.4, 0.5) is 0 Å². The SMILES string of the molecule is C#CCCCOc1ccc(C(=O)OC)cn1. The number of hydrogen-bond donors (Lipinski definition) is 0. The summed E-state index contributed by atoms with van der Waals surface area (Å²) in [4.78, 5) is 15.1. The molecule has 0 saturated heterocycles. The zero-order chi connectivity index (χ0) is 11.8. The molecule has 1 aromatic rings. The highest BCUT2D eigenvalue weighted by molar-refractivity contribution is 5.88. The van der Waals surface area contributed by atoms with Gasteiger partial charge in [0.15, 0.2) is 0 Å². The molecular formula is C12H13NO3. The van der Waals surface area contributed by atoms with Crippen molar-refractivity contribution in [2.75, 3.05) is 13.7 Å². The fourth-order valence-electron chi connectivity index (χ4n) is 1.06. The molecule has 0 saturated carbocycles. The van der Waals surface area contributed by atoms with Crippen LogP contribution in [0.15, 0.2) is 18.3 Å². The summed E-state index contributed by atoms with van der Waals surface area (Å²) in [6.45, 7) is 0.523. The number of hydrogen-bond acceptors (Lipinski definition) is 4. The second kappa shape index (κ2) is 6.46. The number of nitrogens with zero attached hydrogens (tertiary/aromatic N) is 1. The lowest BCUT2D eigenvalue weighted by Crippen LogP contribution is -2.03. The Morgan fingerprint density at radius 3 is 2.94 bits per heavy atom. The Balaban J connectivity index is 2.46. The van der Waals surface area contributed by atoms with E-state index in [2.05, 4.69) is 15.6 Å². The smallest absolute Gasteiger partial charge is 0.339 e. The average molecular weight is 219 g/mol. The molecule has 16 heavy (non-hydrogen) atoms. The van der Waals surface area contributed by atoms with Crippen LogP contribution in [0.25, 0.3) is 0 Å². The number of unbranched alkanes of at least 4 members (excludes halogenated alkanes) is 1. The van der Waals surface area contributed by atoms with Crippen molar-refractivity contribution in [1.29, 1.82) is 0 Å². The van der Waals surface area contributed by atoms with E-state index in [1.54, 1.807) is 12.1 Å². The number of methoxy groups -OCH3 is 1. The Morgan fingerprint density at radius 2 is 2.38 bits per heavy atom. The molecule has 0 atom stereocenters. The fourth-order valence-corrected chi connectivity index (χ4v) is 1.06. The molecule has 0 fully saturated rings. The standard InChI is InChI=1S/C12H13NO3/c1-3-4-5-8-16-11-7-6-10(9-13-11)12(14)15-2/h1,6-7,9H,4-5,8H2,2H3. The number of rotatable bonds is 5. The number of esters is 1. The summed E-state index contributed by atoms with van der Waals surface area (Å²) in [5.41, 5.74) is 0.401. The minimum Gasteiger partial charge on any atom is -0.478 e. The third-order valence-corrected chi connectivity index (χ3v) is 1.87. The minimum absolute atomic E-state index is 0.401. The van der Waals surface area contributed by atoms with Gasteiger partial charge in [0, 0.05) is 18.7 Å². The molecule has 0 aromatic carbocycles. The summed E-state index contributed by atoms with van der Waals surface area (Å²) in [7, 11) is 1.33. The van der Waals surface area contributed by atoms with E-state index in [1.807, 2.05) is 0 Å². The maximum Gasteiger partial charge on any atom is 0.339 e. The maximum absolute atomic E-state index is 11.1. The molecule has 0 aliphatic heterocycles. The summed E-state index contributed by atoms with van der Waals surface area (Å²) in [6.07, 6.45) is 7.99. The number of carbonyl (C=O) groups is 1. The van der Waals surface area contributed by atoms with Crippen LogP contribution in [0.5, 0.6) is 5.88 Å². The molecular weight excluding hydrogens is 206 g/mol.